The Hall–Kier alpha value is -2.56. The van der Waals surface area contributed by atoms with Crippen LogP contribution in [0.25, 0.3) is 0 Å². The van der Waals surface area contributed by atoms with Crippen LogP contribution in [0.2, 0.25) is 0 Å². The molecule has 4 rings (SSSR count). The van der Waals surface area contributed by atoms with Crippen molar-refractivity contribution in [2.75, 3.05) is 0 Å². The molecule has 0 spiro atoms. The number of hydrogen-bond donors (Lipinski definition) is 0. The van der Waals surface area contributed by atoms with E-state index in [1.807, 2.05) is 0 Å². The van der Waals surface area contributed by atoms with E-state index in [0.717, 1.165) is 6.42 Å². The van der Waals surface area contributed by atoms with Gasteiger partial charge in [0.15, 0.2) is 0 Å². The molecule has 122 valence electrons. The van der Waals surface area contributed by atoms with Gasteiger partial charge in [-0.2, -0.15) is 17.7 Å². The van der Waals surface area contributed by atoms with Crippen molar-refractivity contribution in [2.45, 2.75) is 6.42 Å². The second-order valence-corrected chi connectivity index (χ2v) is 8.29. The Kier molecular flexibility index (Phi) is 4.81. The fourth-order valence-electron chi connectivity index (χ4n) is 3.21. The lowest BCUT2D eigenvalue weighted by Gasteiger charge is -2.25. The molecule has 0 aliphatic carbocycles. The Balaban J connectivity index is 1.78. The molecule has 0 radical (unpaired) electrons. The van der Waals surface area contributed by atoms with Gasteiger partial charge >= 0.3 is 0 Å². The van der Waals surface area contributed by atoms with Crippen molar-refractivity contribution >= 4 is 23.8 Å². The van der Waals surface area contributed by atoms with Crippen LogP contribution in [0, 0.1) is 0 Å². The summed E-state index contributed by atoms with van der Waals surface area (Å²) in [7, 11) is -0.526. The van der Waals surface area contributed by atoms with E-state index in [9.17, 15) is 0 Å². The first kappa shape index (κ1) is 15.9. The summed E-state index contributed by atoms with van der Waals surface area (Å²) >= 11 is 0. The van der Waals surface area contributed by atoms with E-state index in [-0.39, 0.29) is 0 Å². The van der Waals surface area contributed by atoms with Gasteiger partial charge in [-0.3, -0.25) is 0 Å². The third kappa shape index (κ3) is 3.60. The largest absolute Gasteiger partial charge is 0.210 e. The second-order valence-electron chi connectivity index (χ2n) is 6.11. The standard InChI is InChI=1S/C24H20P/c1-4-11-20(12-5-1)19-21-13-10-18-24(21)25(22-14-6-2-7-15-22)23-16-8-3-9-17-23/h1-18H,19H2/q-1. The van der Waals surface area contributed by atoms with Gasteiger partial charge in [0.05, 0.1) is 0 Å². The smallest absolute Gasteiger partial charge is 0.0171 e. The Morgan fingerprint density at radius 2 is 1.12 bits per heavy atom. The summed E-state index contributed by atoms with van der Waals surface area (Å²) in [6.45, 7) is 0. The Labute approximate surface area is 150 Å². The first-order chi connectivity index (χ1) is 12.4. The van der Waals surface area contributed by atoms with E-state index in [2.05, 4.69) is 109 Å². The Bertz CT molecular complexity index is 869. The summed E-state index contributed by atoms with van der Waals surface area (Å²) in [5.74, 6) is 0. The highest BCUT2D eigenvalue weighted by Gasteiger charge is 2.14. The third-order valence-corrected chi connectivity index (χ3v) is 6.93. The molecule has 0 saturated carbocycles. The van der Waals surface area contributed by atoms with Crippen LogP contribution in [0.15, 0.2) is 109 Å². The molecule has 0 unspecified atom stereocenters. The maximum Gasteiger partial charge on any atom is -0.0171 e. The van der Waals surface area contributed by atoms with Gasteiger partial charge in [-0.15, -0.1) is 5.30 Å². The molecule has 0 fully saturated rings. The van der Waals surface area contributed by atoms with Crippen molar-refractivity contribution in [1.29, 1.82) is 0 Å². The zero-order valence-corrected chi connectivity index (χ0v) is 14.9. The number of rotatable bonds is 5. The predicted molar refractivity (Wildman–Crippen MR) is 110 cm³/mol. The lowest BCUT2D eigenvalue weighted by molar-refractivity contribution is 1.22. The fraction of sp³-hybridized carbons (Fsp3) is 0.0417. The number of benzene rings is 3. The Morgan fingerprint density at radius 3 is 1.68 bits per heavy atom. The molecule has 1 heteroatoms. The molecule has 0 aromatic heterocycles. The average Bonchev–Trinajstić information content (AvgIpc) is 3.12. The highest BCUT2D eigenvalue weighted by molar-refractivity contribution is 7.79. The van der Waals surface area contributed by atoms with Gasteiger partial charge in [-0.1, -0.05) is 103 Å². The van der Waals surface area contributed by atoms with Gasteiger partial charge in [0.1, 0.15) is 0 Å². The molecule has 4 aromatic rings. The van der Waals surface area contributed by atoms with E-state index in [4.69, 9.17) is 0 Å². The molecule has 4 aromatic carbocycles. The number of hydrogen-bond acceptors (Lipinski definition) is 0. The van der Waals surface area contributed by atoms with Gasteiger partial charge in [-0.25, -0.2) is 6.07 Å². The molecule has 0 atom stereocenters. The molecule has 25 heavy (non-hydrogen) atoms. The van der Waals surface area contributed by atoms with Crippen molar-refractivity contribution < 1.29 is 0 Å². The first-order valence-corrected chi connectivity index (χ1v) is 9.95. The summed E-state index contributed by atoms with van der Waals surface area (Å²) in [5, 5.41) is 4.28. The molecular weight excluding hydrogens is 319 g/mol. The summed E-state index contributed by atoms with van der Waals surface area (Å²) in [6.07, 6.45) is 0.988. The molecule has 0 N–H and O–H groups in total. The fourth-order valence-corrected chi connectivity index (χ4v) is 5.68. The topological polar surface area (TPSA) is 0 Å². The van der Waals surface area contributed by atoms with Crippen molar-refractivity contribution in [1.82, 2.24) is 0 Å². The van der Waals surface area contributed by atoms with E-state index in [1.54, 1.807) is 0 Å². The zero-order chi connectivity index (χ0) is 16.9. The average molecular weight is 339 g/mol. The first-order valence-electron chi connectivity index (χ1n) is 8.60. The van der Waals surface area contributed by atoms with Crippen molar-refractivity contribution in [3.05, 3.63) is 120 Å². The molecule has 0 saturated heterocycles. The predicted octanol–water partition coefficient (Wildman–Crippen LogP) is 4.75. The molecule has 0 aliphatic heterocycles. The van der Waals surface area contributed by atoms with Crippen molar-refractivity contribution in [3.8, 4) is 0 Å². The van der Waals surface area contributed by atoms with Gasteiger partial charge in [0, 0.05) is 0 Å². The van der Waals surface area contributed by atoms with Crippen LogP contribution in [0.3, 0.4) is 0 Å². The lowest BCUT2D eigenvalue weighted by atomic mass is 10.1. The van der Waals surface area contributed by atoms with Crippen LogP contribution < -0.4 is 15.9 Å². The highest BCUT2D eigenvalue weighted by Crippen LogP contribution is 2.34. The van der Waals surface area contributed by atoms with Gasteiger partial charge in [0.25, 0.3) is 0 Å². The van der Waals surface area contributed by atoms with Gasteiger partial charge in [0.2, 0.25) is 0 Å². The van der Waals surface area contributed by atoms with Crippen LogP contribution in [0.4, 0.5) is 0 Å². The van der Waals surface area contributed by atoms with Crippen molar-refractivity contribution in [2.24, 2.45) is 0 Å². The summed E-state index contributed by atoms with van der Waals surface area (Å²) in [6, 6.07) is 39.4. The van der Waals surface area contributed by atoms with Crippen LogP contribution in [-0.4, -0.2) is 0 Å². The molecule has 0 nitrogen and oxygen atoms in total. The van der Waals surface area contributed by atoms with Gasteiger partial charge < -0.3 is 0 Å². The minimum Gasteiger partial charge on any atom is -0.210 e. The monoisotopic (exact) mass is 339 g/mol. The SMILES string of the molecule is c1ccc(Cc2cc[cH-]c2P(c2ccccc2)c2ccccc2)cc1. The summed E-state index contributed by atoms with van der Waals surface area (Å²) in [4.78, 5) is 0. The third-order valence-electron chi connectivity index (χ3n) is 4.39. The van der Waals surface area contributed by atoms with Crippen LogP contribution in [-0.2, 0) is 6.42 Å². The van der Waals surface area contributed by atoms with Crippen molar-refractivity contribution in [3.63, 3.8) is 0 Å². The van der Waals surface area contributed by atoms with Gasteiger partial charge in [-0.05, 0) is 18.5 Å². The van der Waals surface area contributed by atoms with Crippen LogP contribution in [0.5, 0.6) is 0 Å². The van der Waals surface area contributed by atoms with Crippen LogP contribution in [0.1, 0.15) is 11.1 Å². The maximum atomic E-state index is 2.31. The summed E-state index contributed by atoms with van der Waals surface area (Å²) < 4.78 is 0. The lowest BCUT2D eigenvalue weighted by Crippen LogP contribution is -2.21. The minimum absolute atomic E-state index is 0.526. The molecule has 0 heterocycles. The highest BCUT2D eigenvalue weighted by atomic mass is 31.1. The Morgan fingerprint density at radius 1 is 0.600 bits per heavy atom. The van der Waals surface area contributed by atoms with E-state index < -0.39 is 7.92 Å². The molecule has 0 amide bonds. The molecular formula is C24H20P-. The van der Waals surface area contributed by atoms with Crippen LogP contribution >= 0.6 is 7.92 Å². The quantitative estimate of drug-likeness (QED) is 0.363. The molecule has 0 aliphatic rings. The zero-order valence-electron chi connectivity index (χ0n) is 14.0. The normalized spacial score (nSPS) is 10.9. The van der Waals surface area contributed by atoms with E-state index in [0.29, 0.717) is 0 Å². The molecule has 0 bridgehead atoms. The van der Waals surface area contributed by atoms with E-state index >= 15 is 0 Å². The summed E-state index contributed by atoms with van der Waals surface area (Å²) in [5.41, 5.74) is 2.80. The van der Waals surface area contributed by atoms with E-state index in [1.165, 1.54) is 27.0 Å². The maximum absolute atomic E-state index is 2.31. The second kappa shape index (κ2) is 7.55. The minimum atomic E-state index is -0.526.